The van der Waals surface area contributed by atoms with Crippen LogP contribution in [0.4, 0.5) is 0 Å². The Kier molecular flexibility index (Phi) is 5.70. The summed E-state index contributed by atoms with van der Waals surface area (Å²) in [5.41, 5.74) is 9.30. The van der Waals surface area contributed by atoms with E-state index >= 15 is 0 Å². The standard InChI is InChI=1S/C22H23NO2/c1-17(23)20-12-21(24-15-18-8-4-2-5-9-18)14-22(13-20)25-16-19-10-6-3-7-11-19/h2-14,17H,15-16,23H2,1H3. The second-order valence-electron chi connectivity index (χ2n) is 6.07. The predicted octanol–water partition coefficient (Wildman–Crippen LogP) is 4.86. The molecule has 3 heteroatoms. The molecule has 0 amide bonds. The molecule has 2 N–H and O–H groups in total. The summed E-state index contributed by atoms with van der Waals surface area (Å²) in [6.45, 7) is 2.99. The topological polar surface area (TPSA) is 44.5 Å². The van der Waals surface area contributed by atoms with Gasteiger partial charge in [0.15, 0.2) is 0 Å². The van der Waals surface area contributed by atoms with Gasteiger partial charge in [-0.3, -0.25) is 0 Å². The molecule has 0 radical (unpaired) electrons. The van der Waals surface area contributed by atoms with Crippen LogP contribution in [-0.2, 0) is 13.2 Å². The third kappa shape index (κ3) is 5.10. The van der Waals surface area contributed by atoms with E-state index in [1.165, 1.54) is 0 Å². The molecule has 25 heavy (non-hydrogen) atoms. The highest BCUT2D eigenvalue weighted by molar-refractivity contribution is 5.40. The molecule has 1 atom stereocenters. The van der Waals surface area contributed by atoms with Crippen molar-refractivity contribution < 1.29 is 9.47 Å². The Morgan fingerprint density at radius 1 is 0.720 bits per heavy atom. The molecule has 3 nitrogen and oxygen atoms in total. The highest BCUT2D eigenvalue weighted by Crippen LogP contribution is 2.27. The maximum Gasteiger partial charge on any atom is 0.123 e. The lowest BCUT2D eigenvalue weighted by molar-refractivity contribution is 0.289. The van der Waals surface area contributed by atoms with Gasteiger partial charge in [0.25, 0.3) is 0 Å². The molecular formula is C22H23NO2. The van der Waals surface area contributed by atoms with Gasteiger partial charge in [-0.05, 0) is 35.7 Å². The lowest BCUT2D eigenvalue weighted by Crippen LogP contribution is -2.06. The minimum Gasteiger partial charge on any atom is -0.489 e. The summed E-state index contributed by atoms with van der Waals surface area (Å²) >= 11 is 0. The fraction of sp³-hybridized carbons (Fsp3) is 0.182. The van der Waals surface area contributed by atoms with Crippen LogP contribution in [0.25, 0.3) is 0 Å². The number of rotatable bonds is 7. The molecule has 0 saturated carbocycles. The van der Waals surface area contributed by atoms with Gasteiger partial charge in [-0.15, -0.1) is 0 Å². The van der Waals surface area contributed by atoms with Gasteiger partial charge in [0.2, 0.25) is 0 Å². The van der Waals surface area contributed by atoms with Gasteiger partial charge in [0.1, 0.15) is 24.7 Å². The summed E-state index contributed by atoms with van der Waals surface area (Å²) in [6, 6.07) is 26.0. The summed E-state index contributed by atoms with van der Waals surface area (Å²) in [4.78, 5) is 0. The molecule has 0 aromatic heterocycles. The van der Waals surface area contributed by atoms with E-state index < -0.39 is 0 Å². The van der Waals surface area contributed by atoms with Gasteiger partial charge in [0.05, 0.1) is 0 Å². The maximum absolute atomic E-state index is 6.05. The molecule has 1 unspecified atom stereocenters. The first kappa shape index (κ1) is 17.1. The highest BCUT2D eigenvalue weighted by atomic mass is 16.5. The summed E-state index contributed by atoms with van der Waals surface area (Å²) < 4.78 is 11.9. The van der Waals surface area contributed by atoms with Gasteiger partial charge in [0, 0.05) is 12.1 Å². The molecule has 0 aliphatic rings. The van der Waals surface area contributed by atoms with Crippen molar-refractivity contribution >= 4 is 0 Å². The summed E-state index contributed by atoms with van der Waals surface area (Å²) in [5, 5.41) is 0. The largest absolute Gasteiger partial charge is 0.489 e. The minimum absolute atomic E-state index is 0.0839. The molecule has 128 valence electrons. The quantitative estimate of drug-likeness (QED) is 0.671. The number of nitrogens with two attached hydrogens (primary N) is 1. The maximum atomic E-state index is 6.05. The Bertz CT molecular complexity index is 724. The Morgan fingerprint density at radius 2 is 1.16 bits per heavy atom. The smallest absolute Gasteiger partial charge is 0.123 e. The third-order valence-electron chi connectivity index (χ3n) is 3.92. The van der Waals surface area contributed by atoms with Crippen LogP contribution in [0.2, 0.25) is 0 Å². The zero-order valence-electron chi connectivity index (χ0n) is 14.4. The Hall–Kier alpha value is -2.78. The summed E-state index contributed by atoms with van der Waals surface area (Å²) in [7, 11) is 0. The second kappa shape index (κ2) is 8.36. The molecule has 3 rings (SSSR count). The van der Waals surface area contributed by atoms with Crippen molar-refractivity contribution in [2.75, 3.05) is 0 Å². The molecule has 0 heterocycles. The monoisotopic (exact) mass is 333 g/mol. The van der Waals surface area contributed by atoms with Crippen LogP contribution >= 0.6 is 0 Å². The van der Waals surface area contributed by atoms with Crippen LogP contribution in [0.3, 0.4) is 0 Å². The number of benzene rings is 3. The van der Waals surface area contributed by atoms with E-state index in [0.29, 0.717) is 13.2 Å². The van der Waals surface area contributed by atoms with Crippen molar-refractivity contribution in [1.29, 1.82) is 0 Å². The van der Waals surface area contributed by atoms with Gasteiger partial charge >= 0.3 is 0 Å². The first-order valence-electron chi connectivity index (χ1n) is 8.45. The van der Waals surface area contributed by atoms with Crippen molar-refractivity contribution in [2.45, 2.75) is 26.2 Å². The van der Waals surface area contributed by atoms with Crippen molar-refractivity contribution in [3.05, 3.63) is 95.6 Å². The average molecular weight is 333 g/mol. The van der Waals surface area contributed by atoms with Crippen molar-refractivity contribution in [2.24, 2.45) is 5.73 Å². The van der Waals surface area contributed by atoms with Gasteiger partial charge in [-0.25, -0.2) is 0 Å². The zero-order chi connectivity index (χ0) is 17.5. The van der Waals surface area contributed by atoms with Crippen LogP contribution < -0.4 is 15.2 Å². The fourth-order valence-electron chi connectivity index (χ4n) is 2.51. The molecular weight excluding hydrogens is 310 g/mol. The number of ether oxygens (including phenoxy) is 2. The molecule has 0 aliphatic carbocycles. The van der Waals surface area contributed by atoms with Gasteiger partial charge in [-0.2, -0.15) is 0 Å². The van der Waals surface area contributed by atoms with Crippen LogP contribution in [0.5, 0.6) is 11.5 Å². The van der Waals surface area contributed by atoms with Crippen LogP contribution in [0, 0.1) is 0 Å². The van der Waals surface area contributed by atoms with E-state index in [1.807, 2.05) is 85.8 Å². The summed E-state index contributed by atoms with van der Waals surface area (Å²) in [6.07, 6.45) is 0. The van der Waals surface area contributed by atoms with Crippen LogP contribution in [0.15, 0.2) is 78.9 Å². The molecule has 0 spiro atoms. The first-order valence-corrected chi connectivity index (χ1v) is 8.45. The van der Waals surface area contributed by atoms with Crippen molar-refractivity contribution in [3.63, 3.8) is 0 Å². The lowest BCUT2D eigenvalue weighted by atomic mass is 10.1. The highest BCUT2D eigenvalue weighted by Gasteiger charge is 2.07. The average Bonchev–Trinajstić information content (AvgIpc) is 2.66. The van der Waals surface area contributed by atoms with Gasteiger partial charge in [-0.1, -0.05) is 60.7 Å². The fourth-order valence-corrected chi connectivity index (χ4v) is 2.51. The van der Waals surface area contributed by atoms with E-state index in [2.05, 4.69) is 0 Å². The van der Waals surface area contributed by atoms with E-state index in [4.69, 9.17) is 15.2 Å². The van der Waals surface area contributed by atoms with Crippen molar-refractivity contribution in [1.82, 2.24) is 0 Å². The van der Waals surface area contributed by atoms with Crippen LogP contribution in [0.1, 0.15) is 29.7 Å². The minimum atomic E-state index is -0.0839. The number of hydrogen-bond donors (Lipinski definition) is 1. The Labute approximate surface area is 149 Å². The van der Waals surface area contributed by atoms with E-state index in [0.717, 1.165) is 28.2 Å². The SMILES string of the molecule is CC(N)c1cc(OCc2ccccc2)cc(OCc2ccccc2)c1. The predicted molar refractivity (Wildman–Crippen MR) is 101 cm³/mol. The van der Waals surface area contributed by atoms with E-state index in [-0.39, 0.29) is 6.04 Å². The summed E-state index contributed by atoms with van der Waals surface area (Å²) in [5.74, 6) is 1.53. The van der Waals surface area contributed by atoms with Gasteiger partial charge < -0.3 is 15.2 Å². The normalized spacial score (nSPS) is 11.8. The molecule has 0 bridgehead atoms. The lowest BCUT2D eigenvalue weighted by Gasteiger charge is -2.14. The molecule has 3 aromatic rings. The first-order chi connectivity index (χ1) is 12.2. The van der Waals surface area contributed by atoms with E-state index in [1.54, 1.807) is 0 Å². The van der Waals surface area contributed by atoms with Crippen LogP contribution in [-0.4, -0.2) is 0 Å². The van der Waals surface area contributed by atoms with E-state index in [9.17, 15) is 0 Å². The molecule has 0 aliphatic heterocycles. The third-order valence-corrected chi connectivity index (χ3v) is 3.92. The Balaban J connectivity index is 1.72. The zero-order valence-corrected chi connectivity index (χ0v) is 14.4. The molecule has 3 aromatic carbocycles. The second-order valence-corrected chi connectivity index (χ2v) is 6.07. The van der Waals surface area contributed by atoms with Crippen molar-refractivity contribution in [3.8, 4) is 11.5 Å². The molecule has 0 saturated heterocycles. The number of hydrogen-bond acceptors (Lipinski definition) is 3. The Morgan fingerprint density at radius 3 is 1.56 bits per heavy atom. The molecule has 0 fully saturated rings.